The molecule has 26 heavy (non-hydrogen) atoms. The number of alkyl halides is 3. The molecule has 1 aromatic carbocycles. The number of halogens is 3. The number of hydrogen-bond acceptors (Lipinski definition) is 6. The van der Waals surface area contributed by atoms with Gasteiger partial charge in [0.05, 0.1) is 6.10 Å². The monoisotopic (exact) mass is 387 g/mol. The molecule has 0 spiro atoms. The molecule has 1 aliphatic heterocycles. The van der Waals surface area contributed by atoms with Crippen molar-refractivity contribution in [2.45, 2.75) is 25.3 Å². The lowest BCUT2D eigenvalue weighted by Crippen LogP contribution is -2.31. The number of rotatable bonds is 6. The van der Waals surface area contributed by atoms with E-state index in [1.807, 2.05) is 0 Å². The minimum atomic E-state index is -4.73. The first-order valence-electron chi connectivity index (χ1n) is 7.87. The SMILES string of the molecule is O=C(NCC1CCCO1)c1csc(Nc2ccc(OC(F)(F)F)cc2)n1. The number of anilines is 2. The Morgan fingerprint density at radius 3 is 2.77 bits per heavy atom. The average Bonchev–Trinajstić information content (AvgIpc) is 3.25. The van der Waals surface area contributed by atoms with E-state index in [0.717, 1.165) is 19.4 Å². The number of amides is 1. The Labute approximate surface area is 151 Å². The summed E-state index contributed by atoms with van der Waals surface area (Å²) in [5.41, 5.74) is 0.799. The molecule has 3 rings (SSSR count). The van der Waals surface area contributed by atoms with Crippen LogP contribution in [0.2, 0.25) is 0 Å². The van der Waals surface area contributed by atoms with Gasteiger partial charge in [0.25, 0.3) is 5.91 Å². The first kappa shape index (κ1) is 18.5. The second-order valence-corrected chi connectivity index (χ2v) is 6.44. The van der Waals surface area contributed by atoms with Gasteiger partial charge in [0.2, 0.25) is 0 Å². The van der Waals surface area contributed by atoms with E-state index < -0.39 is 6.36 Å². The van der Waals surface area contributed by atoms with E-state index in [0.29, 0.717) is 17.4 Å². The van der Waals surface area contributed by atoms with Crippen LogP contribution in [0.25, 0.3) is 0 Å². The summed E-state index contributed by atoms with van der Waals surface area (Å²) in [6.07, 6.45) is -2.75. The summed E-state index contributed by atoms with van der Waals surface area (Å²) in [4.78, 5) is 16.2. The van der Waals surface area contributed by atoms with Crippen molar-refractivity contribution in [1.29, 1.82) is 0 Å². The Morgan fingerprint density at radius 1 is 1.35 bits per heavy atom. The molecule has 0 bridgehead atoms. The predicted molar refractivity (Wildman–Crippen MR) is 89.8 cm³/mol. The summed E-state index contributed by atoms with van der Waals surface area (Å²) in [6.45, 7) is 1.16. The highest BCUT2D eigenvalue weighted by molar-refractivity contribution is 7.14. The third-order valence-corrected chi connectivity index (χ3v) is 4.35. The molecular formula is C16H16F3N3O3S. The van der Waals surface area contributed by atoms with Crippen LogP contribution in [-0.2, 0) is 4.74 Å². The molecule has 140 valence electrons. The normalized spacial score (nSPS) is 17.1. The largest absolute Gasteiger partial charge is 0.573 e. The number of thiazole rings is 1. The molecule has 10 heteroatoms. The van der Waals surface area contributed by atoms with E-state index in [9.17, 15) is 18.0 Å². The number of benzene rings is 1. The van der Waals surface area contributed by atoms with Crippen molar-refractivity contribution in [2.24, 2.45) is 0 Å². The quantitative estimate of drug-likeness (QED) is 0.791. The van der Waals surface area contributed by atoms with Crippen LogP contribution in [0.3, 0.4) is 0 Å². The summed E-state index contributed by atoms with van der Waals surface area (Å²) in [5, 5.41) is 7.77. The third-order valence-electron chi connectivity index (χ3n) is 3.59. The summed E-state index contributed by atoms with van der Waals surface area (Å²) >= 11 is 1.22. The van der Waals surface area contributed by atoms with Gasteiger partial charge in [0, 0.05) is 24.2 Å². The zero-order valence-electron chi connectivity index (χ0n) is 13.5. The lowest BCUT2D eigenvalue weighted by atomic mass is 10.2. The van der Waals surface area contributed by atoms with Crippen molar-refractivity contribution in [2.75, 3.05) is 18.5 Å². The molecule has 0 radical (unpaired) electrons. The fourth-order valence-corrected chi connectivity index (χ4v) is 3.11. The van der Waals surface area contributed by atoms with Crippen LogP contribution in [0.1, 0.15) is 23.3 Å². The van der Waals surface area contributed by atoms with Crippen LogP contribution in [0, 0.1) is 0 Å². The number of nitrogens with zero attached hydrogens (tertiary/aromatic N) is 1. The molecule has 1 atom stereocenters. The molecule has 0 saturated carbocycles. The van der Waals surface area contributed by atoms with Gasteiger partial charge in [-0.05, 0) is 37.1 Å². The number of aromatic nitrogens is 1. The minimum absolute atomic E-state index is 0.0487. The molecule has 2 heterocycles. The van der Waals surface area contributed by atoms with E-state index >= 15 is 0 Å². The van der Waals surface area contributed by atoms with Crippen molar-refractivity contribution in [3.8, 4) is 5.75 Å². The van der Waals surface area contributed by atoms with Crippen molar-refractivity contribution >= 4 is 28.1 Å². The Morgan fingerprint density at radius 2 is 2.12 bits per heavy atom. The van der Waals surface area contributed by atoms with Gasteiger partial charge < -0.3 is 20.1 Å². The van der Waals surface area contributed by atoms with Crippen LogP contribution in [0.15, 0.2) is 29.6 Å². The number of carbonyl (C=O) groups is 1. The zero-order valence-corrected chi connectivity index (χ0v) is 14.3. The fraction of sp³-hybridized carbons (Fsp3) is 0.375. The molecule has 1 unspecified atom stereocenters. The van der Waals surface area contributed by atoms with Gasteiger partial charge in [0.15, 0.2) is 5.13 Å². The fourth-order valence-electron chi connectivity index (χ4n) is 2.40. The number of nitrogens with one attached hydrogen (secondary N) is 2. The Hall–Kier alpha value is -2.33. The molecule has 2 N–H and O–H groups in total. The Kier molecular flexibility index (Phi) is 5.62. The van der Waals surface area contributed by atoms with E-state index in [1.165, 1.54) is 35.6 Å². The lowest BCUT2D eigenvalue weighted by Gasteiger charge is -2.10. The lowest BCUT2D eigenvalue weighted by molar-refractivity contribution is -0.274. The second-order valence-electron chi connectivity index (χ2n) is 5.58. The summed E-state index contributed by atoms with van der Waals surface area (Å²) in [6, 6.07) is 5.25. The Bertz CT molecular complexity index is 743. The summed E-state index contributed by atoms with van der Waals surface area (Å²) < 4.78 is 45.7. The van der Waals surface area contributed by atoms with Crippen molar-refractivity contribution in [3.63, 3.8) is 0 Å². The van der Waals surface area contributed by atoms with Gasteiger partial charge in [-0.1, -0.05) is 0 Å². The first-order chi connectivity index (χ1) is 12.4. The number of hydrogen-bond donors (Lipinski definition) is 2. The van der Waals surface area contributed by atoms with E-state index in [-0.39, 0.29) is 23.5 Å². The van der Waals surface area contributed by atoms with Crippen molar-refractivity contribution < 1.29 is 27.4 Å². The molecule has 0 aliphatic carbocycles. The average molecular weight is 387 g/mol. The standard InChI is InChI=1S/C16H16F3N3O3S/c17-16(18,19)25-11-5-3-10(4-6-11)21-15-22-13(9-26-15)14(23)20-8-12-2-1-7-24-12/h3-6,9,12H,1-2,7-8H2,(H,20,23)(H,21,22). The molecule has 1 fully saturated rings. The smallest absolute Gasteiger partial charge is 0.406 e. The highest BCUT2D eigenvalue weighted by atomic mass is 32.1. The number of ether oxygens (including phenoxy) is 2. The van der Waals surface area contributed by atoms with Crippen molar-refractivity contribution in [1.82, 2.24) is 10.3 Å². The van der Waals surface area contributed by atoms with Crippen LogP contribution < -0.4 is 15.4 Å². The van der Waals surface area contributed by atoms with Gasteiger partial charge in [-0.3, -0.25) is 4.79 Å². The summed E-state index contributed by atoms with van der Waals surface area (Å²) in [5.74, 6) is -0.602. The maximum atomic E-state index is 12.1. The first-order valence-corrected chi connectivity index (χ1v) is 8.75. The van der Waals surface area contributed by atoms with Gasteiger partial charge in [-0.2, -0.15) is 0 Å². The molecule has 1 aromatic heterocycles. The highest BCUT2D eigenvalue weighted by Gasteiger charge is 2.30. The summed E-state index contributed by atoms with van der Waals surface area (Å²) in [7, 11) is 0. The van der Waals surface area contributed by atoms with Gasteiger partial charge in [0.1, 0.15) is 11.4 Å². The molecular weight excluding hydrogens is 371 g/mol. The van der Waals surface area contributed by atoms with Gasteiger partial charge in [-0.15, -0.1) is 24.5 Å². The van der Waals surface area contributed by atoms with Crippen LogP contribution in [0.4, 0.5) is 24.0 Å². The topological polar surface area (TPSA) is 72.5 Å². The van der Waals surface area contributed by atoms with Crippen LogP contribution in [-0.4, -0.2) is 36.5 Å². The zero-order chi connectivity index (χ0) is 18.6. The minimum Gasteiger partial charge on any atom is -0.406 e. The molecule has 1 saturated heterocycles. The van der Waals surface area contributed by atoms with Gasteiger partial charge in [-0.25, -0.2) is 4.98 Å². The van der Waals surface area contributed by atoms with Gasteiger partial charge >= 0.3 is 6.36 Å². The third kappa shape index (κ3) is 5.33. The second kappa shape index (κ2) is 7.92. The highest BCUT2D eigenvalue weighted by Crippen LogP contribution is 2.26. The molecule has 6 nitrogen and oxygen atoms in total. The molecule has 1 aliphatic rings. The predicted octanol–water partition coefficient (Wildman–Crippen LogP) is 3.69. The molecule has 2 aromatic rings. The number of carbonyl (C=O) groups excluding carboxylic acids is 1. The van der Waals surface area contributed by atoms with Crippen LogP contribution >= 0.6 is 11.3 Å². The molecule has 1 amide bonds. The Balaban J connectivity index is 1.53. The van der Waals surface area contributed by atoms with E-state index in [1.54, 1.807) is 5.38 Å². The maximum Gasteiger partial charge on any atom is 0.573 e. The maximum absolute atomic E-state index is 12.1. The van der Waals surface area contributed by atoms with E-state index in [2.05, 4.69) is 20.4 Å². The van der Waals surface area contributed by atoms with Crippen molar-refractivity contribution in [3.05, 3.63) is 35.3 Å². The van der Waals surface area contributed by atoms with E-state index in [4.69, 9.17) is 4.74 Å². The van der Waals surface area contributed by atoms with Crippen LogP contribution in [0.5, 0.6) is 5.75 Å².